The van der Waals surface area contributed by atoms with Crippen LogP contribution in [0.2, 0.25) is 5.02 Å². The number of nitrogens with zero attached hydrogens (tertiary/aromatic N) is 4. The van der Waals surface area contributed by atoms with Crippen molar-refractivity contribution in [3.8, 4) is 11.5 Å². The van der Waals surface area contributed by atoms with Crippen LogP contribution >= 0.6 is 11.6 Å². The van der Waals surface area contributed by atoms with Gasteiger partial charge in [0.05, 0.1) is 5.52 Å². The average Bonchev–Trinajstić information content (AvgIpc) is 3.50. The standard InChI is InChI=1S/C26H24ClN5O4/c1-26(2,25(34)28-19-11-12-22-23(13-19)36-16-35-22)31(14-17-7-9-18(27)10-8-17)24(33)15-32-21-6-4-3-5-20(21)29-30-32/h3-13H,14-16H2,1-2H3,(H,28,34). The van der Waals surface area contributed by atoms with Crippen LogP contribution in [0.3, 0.4) is 0 Å². The molecule has 0 saturated heterocycles. The van der Waals surface area contributed by atoms with Crippen molar-refractivity contribution in [2.75, 3.05) is 12.1 Å². The molecule has 1 aliphatic heterocycles. The van der Waals surface area contributed by atoms with Gasteiger partial charge in [-0.1, -0.05) is 41.1 Å². The van der Waals surface area contributed by atoms with E-state index in [-0.39, 0.29) is 31.7 Å². The fourth-order valence-electron chi connectivity index (χ4n) is 4.00. The summed E-state index contributed by atoms with van der Waals surface area (Å²) < 4.78 is 12.3. The second-order valence-electron chi connectivity index (χ2n) is 8.92. The van der Waals surface area contributed by atoms with Crippen LogP contribution in [0.1, 0.15) is 19.4 Å². The minimum atomic E-state index is -1.22. The molecule has 3 aromatic carbocycles. The fourth-order valence-corrected chi connectivity index (χ4v) is 4.12. The molecule has 36 heavy (non-hydrogen) atoms. The van der Waals surface area contributed by atoms with E-state index in [2.05, 4.69) is 15.6 Å². The highest BCUT2D eigenvalue weighted by Crippen LogP contribution is 2.34. The van der Waals surface area contributed by atoms with E-state index < -0.39 is 5.54 Å². The van der Waals surface area contributed by atoms with E-state index in [4.69, 9.17) is 21.1 Å². The number of rotatable bonds is 7. The van der Waals surface area contributed by atoms with Gasteiger partial charge in [-0.2, -0.15) is 0 Å². The number of carbonyl (C=O) groups is 2. The lowest BCUT2D eigenvalue weighted by atomic mass is 9.99. The number of hydrogen-bond acceptors (Lipinski definition) is 6. The molecule has 0 fully saturated rings. The van der Waals surface area contributed by atoms with Gasteiger partial charge in [-0.25, -0.2) is 4.68 Å². The Hall–Kier alpha value is -4.11. The third-order valence-corrected chi connectivity index (χ3v) is 6.37. The first-order valence-corrected chi connectivity index (χ1v) is 11.7. The number of anilines is 1. The van der Waals surface area contributed by atoms with Gasteiger partial charge in [-0.3, -0.25) is 9.59 Å². The number of carbonyl (C=O) groups excluding carboxylic acids is 2. The number of fused-ring (bicyclic) bond motifs is 2. The SMILES string of the molecule is CC(C)(C(=O)Nc1ccc2c(c1)OCO2)N(Cc1ccc(Cl)cc1)C(=O)Cn1nnc2ccccc21. The van der Waals surface area contributed by atoms with Gasteiger partial charge in [0.2, 0.25) is 18.6 Å². The second-order valence-corrected chi connectivity index (χ2v) is 9.36. The first-order valence-electron chi connectivity index (χ1n) is 11.4. The molecule has 0 spiro atoms. The summed E-state index contributed by atoms with van der Waals surface area (Å²) in [7, 11) is 0. The van der Waals surface area contributed by atoms with Crippen molar-refractivity contribution in [1.82, 2.24) is 19.9 Å². The van der Waals surface area contributed by atoms with Crippen LogP contribution in [0, 0.1) is 0 Å². The van der Waals surface area contributed by atoms with Crippen molar-refractivity contribution < 1.29 is 19.1 Å². The van der Waals surface area contributed by atoms with Gasteiger partial charge in [0.1, 0.15) is 17.6 Å². The Labute approximate surface area is 212 Å². The van der Waals surface area contributed by atoms with Gasteiger partial charge in [0, 0.05) is 23.3 Å². The Morgan fingerprint density at radius 1 is 1.06 bits per heavy atom. The molecule has 184 valence electrons. The molecule has 2 heterocycles. The van der Waals surface area contributed by atoms with E-state index in [9.17, 15) is 9.59 Å². The number of hydrogen-bond donors (Lipinski definition) is 1. The summed E-state index contributed by atoms with van der Waals surface area (Å²) in [6, 6.07) is 19.7. The lowest BCUT2D eigenvalue weighted by molar-refractivity contribution is -0.145. The molecule has 2 amide bonds. The van der Waals surface area contributed by atoms with Crippen LogP contribution in [-0.4, -0.2) is 44.0 Å². The normalized spacial score (nSPS) is 12.5. The van der Waals surface area contributed by atoms with Gasteiger partial charge in [-0.15, -0.1) is 5.10 Å². The van der Waals surface area contributed by atoms with E-state index >= 15 is 0 Å². The molecule has 5 rings (SSSR count). The van der Waals surface area contributed by atoms with Crippen molar-refractivity contribution >= 4 is 40.1 Å². The lowest BCUT2D eigenvalue weighted by Crippen LogP contribution is -2.55. The number of benzene rings is 3. The molecular weight excluding hydrogens is 482 g/mol. The van der Waals surface area contributed by atoms with Crippen LogP contribution in [-0.2, 0) is 22.7 Å². The molecule has 0 atom stereocenters. The first kappa shape index (κ1) is 23.6. The van der Waals surface area contributed by atoms with E-state index in [0.717, 1.165) is 11.1 Å². The third kappa shape index (κ3) is 4.70. The van der Waals surface area contributed by atoms with Gasteiger partial charge < -0.3 is 19.7 Å². The molecule has 0 unspecified atom stereocenters. The van der Waals surface area contributed by atoms with Gasteiger partial charge in [0.25, 0.3) is 0 Å². The Kier molecular flexibility index (Phi) is 6.24. The van der Waals surface area contributed by atoms with Crippen LogP contribution in [0.5, 0.6) is 11.5 Å². The summed E-state index contributed by atoms with van der Waals surface area (Å²) in [5.41, 5.74) is 1.58. The predicted molar refractivity (Wildman–Crippen MR) is 135 cm³/mol. The highest BCUT2D eigenvalue weighted by molar-refractivity contribution is 6.30. The summed E-state index contributed by atoms with van der Waals surface area (Å²) in [4.78, 5) is 28.7. The molecule has 0 bridgehead atoms. The van der Waals surface area contributed by atoms with Gasteiger partial charge in [-0.05, 0) is 55.8 Å². The molecule has 1 aromatic heterocycles. The Morgan fingerprint density at radius 3 is 2.61 bits per heavy atom. The van der Waals surface area contributed by atoms with Crippen LogP contribution in [0.25, 0.3) is 11.0 Å². The monoisotopic (exact) mass is 505 g/mol. The number of amides is 2. The zero-order valence-corrected chi connectivity index (χ0v) is 20.5. The summed E-state index contributed by atoms with van der Waals surface area (Å²) in [5.74, 6) is 0.531. The molecule has 0 aliphatic carbocycles. The predicted octanol–water partition coefficient (Wildman–Crippen LogP) is 4.26. The highest BCUT2D eigenvalue weighted by Gasteiger charge is 2.38. The summed E-state index contributed by atoms with van der Waals surface area (Å²) in [5, 5.41) is 11.8. The van der Waals surface area contributed by atoms with Crippen LogP contribution in [0.4, 0.5) is 5.69 Å². The molecular formula is C26H24ClN5O4. The Morgan fingerprint density at radius 2 is 1.81 bits per heavy atom. The summed E-state index contributed by atoms with van der Waals surface area (Å²) >= 11 is 6.05. The quantitative estimate of drug-likeness (QED) is 0.403. The largest absolute Gasteiger partial charge is 0.454 e. The molecule has 4 aromatic rings. The Balaban J connectivity index is 1.42. The van der Waals surface area contributed by atoms with E-state index in [1.54, 1.807) is 48.9 Å². The van der Waals surface area contributed by atoms with Crippen molar-refractivity contribution in [1.29, 1.82) is 0 Å². The molecule has 0 saturated carbocycles. The minimum Gasteiger partial charge on any atom is -0.454 e. The molecule has 0 radical (unpaired) electrons. The Bertz CT molecular complexity index is 1430. The van der Waals surface area contributed by atoms with Gasteiger partial charge >= 0.3 is 0 Å². The molecule has 9 nitrogen and oxygen atoms in total. The number of para-hydroxylation sites is 1. The molecule has 10 heteroatoms. The fraction of sp³-hybridized carbons (Fsp3) is 0.231. The lowest BCUT2D eigenvalue weighted by Gasteiger charge is -2.37. The second kappa shape index (κ2) is 9.50. The topological polar surface area (TPSA) is 98.6 Å². The maximum Gasteiger partial charge on any atom is 0.249 e. The zero-order valence-electron chi connectivity index (χ0n) is 19.8. The number of ether oxygens (including phenoxy) is 2. The number of nitrogens with one attached hydrogen (secondary N) is 1. The average molecular weight is 506 g/mol. The first-order chi connectivity index (χ1) is 17.3. The van der Waals surface area contributed by atoms with E-state index in [1.165, 1.54) is 4.90 Å². The van der Waals surface area contributed by atoms with Crippen molar-refractivity contribution in [3.05, 3.63) is 77.3 Å². The summed E-state index contributed by atoms with van der Waals surface area (Å²) in [6.07, 6.45) is 0. The number of aromatic nitrogens is 3. The smallest absolute Gasteiger partial charge is 0.249 e. The van der Waals surface area contributed by atoms with Crippen LogP contribution < -0.4 is 14.8 Å². The molecule has 1 N–H and O–H groups in total. The maximum atomic E-state index is 13.7. The van der Waals surface area contributed by atoms with Crippen molar-refractivity contribution in [2.24, 2.45) is 0 Å². The third-order valence-electron chi connectivity index (χ3n) is 6.12. The zero-order chi connectivity index (χ0) is 25.3. The minimum absolute atomic E-state index is 0.0746. The number of halogens is 1. The summed E-state index contributed by atoms with van der Waals surface area (Å²) in [6.45, 7) is 3.68. The molecule has 1 aliphatic rings. The van der Waals surface area contributed by atoms with E-state index in [1.807, 2.05) is 36.4 Å². The highest BCUT2D eigenvalue weighted by atomic mass is 35.5. The maximum absolute atomic E-state index is 13.7. The van der Waals surface area contributed by atoms with Gasteiger partial charge in [0.15, 0.2) is 11.5 Å². The van der Waals surface area contributed by atoms with Crippen molar-refractivity contribution in [2.45, 2.75) is 32.5 Å². The van der Waals surface area contributed by atoms with Crippen LogP contribution in [0.15, 0.2) is 66.7 Å². The van der Waals surface area contributed by atoms with Crippen molar-refractivity contribution in [3.63, 3.8) is 0 Å². The van der Waals surface area contributed by atoms with E-state index in [0.29, 0.717) is 27.7 Å².